The number of fused-ring (bicyclic) bond motifs is 1. The predicted octanol–water partition coefficient (Wildman–Crippen LogP) is 4.25. The Morgan fingerprint density at radius 3 is 2.67 bits per heavy atom. The summed E-state index contributed by atoms with van der Waals surface area (Å²) in [6.45, 7) is 0.198. The second kappa shape index (κ2) is 9.53. The molecule has 11 heteroatoms. The van der Waals surface area contributed by atoms with Crippen LogP contribution in [0.4, 0.5) is 22.0 Å². The van der Waals surface area contributed by atoms with E-state index in [1.807, 2.05) is 30.3 Å². The number of halogens is 5. The summed E-state index contributed by atoms with van der Waals surface area (Å²) in [5.74, 6) is -1.84. The molecule has 190 valence electrons. The van der Waals surface area contributed by atoms with Gasteiger partial charge in [0.1, 0.15) is 23.9 Å². The number of ether oxygens (including phenoxy) is 1. The molecule has 2 atom stereocenters. The number of nitrogens with zero attached hydrogens (tertiary/aromatic N) is 3. The lowest BCUT2D eigenvalue weighted by atomic mass is 10.1. The normalized spacial score (nSPS) is 19.2. The molecule has 36 heavy (non-hydrogen) atoms. The number of benzene rings is 2. The second-order valence-electron chi connectivity index (χ2n) is 8.93. The van der Waals surface area contributed by atoms with Crippen molar-refractivity contribution in [1.29, 1.82) is 0 Å². The van der Waals surface area contributed by atoms with E-state index in [0.29, 0.717) is 12.0 Å². The van der Waals surface area contributed by atoms with Crippen molar-refractivity contribution < 1.29 is 31.5 Å². The zero-order valence-electron chi connectivity index (χ0n) is 19.1. The summed E-state index contributed by atoms with van der Waals surface area (Å²) in [6, 6.07) is 11.1. The number of hydrogen-bond acceptors (Lipinski definition) is 4. The Labute approximate surface area is 203 Å². The number of amides is 1. The van der Waals surface area contributed by atoms with Gasteiger partial charge in [-0.2, -0.15) is 13.2 Å². The molecule has 1 aliphatic carbocycles. The Hall–Kier alpha value is -3.47. The first-order valence-corrected chi connectivity index (χ1v) is 11.5. The topological polar surface area (TPSA) is 59.4 Å². The van der Waals surface area contributed by atoms with Gasteiger partial charge in [-0.05, 0) is 18.1 Å². The lowest BCUT2D eigenvalue weighted by Gasteiger charge is -2.29. The third kappa shape index (κ3) is 5.06. The van der Waals surface area contributed by atoms with E-state index in [9.17, 15) is 26.7 Å². The first-order chi connectivity index (χ1) is 17.2. The standard InChI is InChI=1S/C25H23F5N4O2/c26-16-8-18(24(19(27)9-16)36-14-15-4-2-1-3-5-15)17-10-20(17)31-12-23(35)33-6-7-34-21(25(28,29)30)11-32-22(34)13-33/h1-5,8-9,11,17,20,31H,6-7,10,12-14H2. The zero-order valence-corrected chi connectivity index (χ0v) is 19.1. The molecule has 0 radical (unpaired) electrons. The van der Waals surface area contributed by atoms with Crippen LogP contribution in [-0.2, 0) is 30.7 Å². The number of nitrogens with one attached hydrogen (secondary N) is 1. The molecule has 1 aromatic heterocycles. The van der Waals surface area contributed by atoms with Crippen molar-refractivity contribution in [1.82, 2.24) is 19.8 Å². The van der Waals surface area contributed by atoms with Gasteiger partial charge in [0, 0.05) is 36.7 Å². The third-order valence-corrected chi connectivity index (χ3v) is 6.48. The van der Waals surface area contributed by atoms with Crippen LogP contribution in [0.2, 0.25) is 0 Å². The maximum absolute atomic E-state index is 14.6. The van der Waals surface area contributed by atoms with Crippen LogP contribution in [0.1, 0.15) is 35.0 Å². The molecule has 2 heterocycles. The quantitative estimate of drug-likeness (QED) is 0.487. The minimum atomic E-state index is -4.50. The summed E-state index contributed by atoms with van der Waals surface area (Å²) in [7, 11) is 0. The zero-order chi connectivity index (χ0) is 25.4. The molecule has 1 fully saturated rings. The van der Waals surface area contributed by atoms with Gasteiger partial charge in [0.25, 0.3) is 0 Å². The van der Waals surface area contributed by atoms with E-state index < -0.39 is 23.5 Å². The molecule has 5 rings (SSSR count). The molecule has 1 amide bonds. The molecule has 2 aliphatic rings. The lowest BCUT2D eigenvalue weighted by Crippen LogP contribution is -2.43. The summed E-state index contributed by atoms with van der Waals surface area (Å²) in [6.07, 6.45) is -3.15. The van der Waals surface area contributed by atoms with E-state index in [-0.39, 0.29) is 62.2 Å². The highest BCUT2D eigenvalue weighted by Crippen LogP contribution is 2.46. The fourth-order valence-corrected chi connectivity index (χ4v) is 4.53. The van der Waals surface area contributed by atoms with E-state index in [1.165, 1.54) is 11.0 Å². The van der Waals surface area contributed by atoms with Gasteiger partial charge in [0.2, 0.25) is 5.91 Å². The lowest BCUT2D eigenvalue weighted by molar-refractivity contribution is -0.144. The minimum Gasteiger partial charge on any atom is -0.486 e. The molecule has 2 unspecified atom stereocenters. The van der Waals surface area contributed by atoms with Gasteiger partial charge < -0.3 is 19.5 Å². The molecule has 0 bridgehead atoms. The van der Waals surface area contributed by atoms with Crippen molar-refractivity contribution in [3.8, 4) is 5.75 Å². The van der Waals surface area contributed by atoms with Gasteiger partial charge in [-0.3, -0.25) is 4.79 Å². The van der Waals surface area contributed by atoms with Crippen LogP contribution in [0.15, 0.2) is 48.7 Å². The molecular weight excluding hydrogens is 483 g/mol. The van der Waals surface area contributed by atoms with Crippen molar-refractivity contribution in [3.05, 3.63) is 82.9 Å². The van der Waals surface area contributed by atoms with Gasteiger partial charge in [-0.25, -0.2) is 13.8 Å². The number of carbonyl (C=O) groups is 1. The van der Waals surface area contributed by atoms with Crippen molar-refractivity contribution >= 4 is 5.91 Å². The molecule has 3 aromatic rings. The fourth-order valence-electron chi connectivity index (χ4n) is 4.53. The van der Waals surface area contributed by atoms with Crippen LogP contribution in [0.25, 0.3) is 0 Å². The number of rotatable bonds is 7. The number of hydrogen-bond donors (Lipinski definition) is 1. The largest absolute Gasteiger partial charge is 0.486 e. The molecule has 0 saturated heterocycles. The summed E-state index contributed by atoms with van der Waals surface area (Å²) < 4.78 is 74.5. The van der Waals surface area contributed by atoms with E-state index >= 15 is 0 Å². The van der Waals surface area contributed by atoms with Crippen LogP contribution in [-0.4, -0.2) is 39.5 Å². The van der Waals surface area contributed by atoms with E-state index in [4.69, 9.17) is 4.74 Å². The predicted molar refractivity (Wildman–Crippen MR) is 119 cm³/mol. The second-order valence-corrected chi connectivity index (χ2v) is 8.93. The van der Waals surface area contributed by atoms with Crippen molar-refractivity contribution in [2.45, 2.75) is 44.3 Å². The summed E-state index contributed by atoms with van der Waals surface area (Å²) in [4.78, 5) is 18.0. The van der Waals surface area contributed by atoms with Crippen LogP contribution in [0.5, 0.6) is 5.75 Å². The number of carbonyl (C=O) groups excluding carboxylic acids is 1. The van der Waals surface area contributed by atoms with Crippen molar-refractivity contribution in [2.24, 2.45) is 0 Å². The average Bonchev–Trinajstić information content (AvgIpc) is 3.48. The van der Waals surface area contributed by atoms with Crippen molar-refractivity contribution in [2.75, 3.05) is 13.1 Å². The molecule has 1 aliphatic heterocycles. The van der Waals surface area contributed by atoms with Gasteiger partial charge >= 0.3 is 6.18 Å². The van der Waals surface area contributed by atoms with Crippen LogP contribution in [0, 0.1) is 11.6 Å². The average molecular weight is 506 g/mol. The van der Waals surface area contributed by atoms with E-state index in [2.05, 4.69) is 10.3 Å². The Bertz CT molecular complexity index is 1260. The van der Waals surface area contributed by atoms with Crippen LogP contribution in [0.3, 0.4) is 0 Å². The number of imidazole rings is 1. The number of aromatic nitrogens is 2. The van der Waals surface area contributed by atoms with E-state index in [1.54, 1.807) is 0 Å². The highest BCUT2D eigenvalue weighted by Gasteiger charge is 2.42. The van der Waals surface area contributed by atoms with Gasteiger partial charge in [-0.15, -0.1) is 0 Å². The maximum atomic E-state index is 14.6. The Morgan fingerprint density at radius 2 is 1.92 bits per heavy atom. The summed E-state index contributed by atoms with van der Waals surface area (Å²) >= 11 is 0. The summed E-state index contributed by atoms with van der Waals surface area (Å²) in [5.41, 5.74) is 0.414. The first-order valence-electron chi connectivity index (χ1n) is 11.5. The fraction of sp³-hybridized carbons (Fsp3) is 0.360. The molecular formula is C25H23F5N4O2. The van der Waals surface area contributed by atoms with Gasteiger partial charge in [-0.1, -0.05) is 30.3 Å². The molecule has 6 nitrogen and oxygen atoms in total. The Balaban J connectivity index is 1.19. The molecule has 1 saturated carbocycles. The molecule has 2 aromatic carbocycles. The summed E-state index contributed by atoms with van der Waals surface area (Å²) in [5, 5.41) is 3.10. The Kier molecular flexibility index (Phi) is 6.42. The highest BCUT2D eigenvalue weighted by molar-refractivity contribution is 5.78. The van der Waals surface area contributed by atoms with Crippen LogP contribution < -0.4 is 10.1 Å². The number of alkyl halides is 3. The van der Waals surface area contributed by atoms with E-state index in [0.717, 1.165) is 22.4 Å². The molecule has 0 spiro atoms. The first kappa shape index (κ1) is 24.2. The van der Waals surface area contributed by atoms with Crippen LogP contribution >= 0.6 is 0 Å². The SMILES string of the molecule is O=C(CNC1CC1c1cc(F)cc(F)c1OCc1ccccc1)N1CCn2c(C(F)(F)F)cnc2C1. The third-order valence-electron chi connectivity index (χ3n) is 6.48. The maximum Gasteiger partial charge on any atom is 0.433 e. The highest BCUT2D eigenvalue weighted by atomic mass is 19.4. The smallest absolute Gasteiger partial charge is 0.433 e. The molecule has 1 N–H and O–H groups in total. The van der Waals surface area contributed by atoms with Gasteiger partial charge in [0.15, 0.2) is 11.6 Å². The monoisotopic (exact) mass is 506 g/mol. The van der Waals surface area contributed by atoms with Crippen molar-refractivity contribution in [3.63, 3.8) is 0 Å². The Morgan fingerprint density at radius 1 is 1.14 bits per heavy atom. The minimum absolute atomic E-state index is 0.00660. The van der Waals surface area contributed by atoms with Gasteiger partial charge in [0.05, 0.1) is 19.3 Å².